The maximum absolute atomic E-state index is 15.4. The smallest absolute Gasteiger partial charge is 0.371 e. The van der Waals surface area contributed by atoms with Gasteiger partial charge in [0.1, 0.15) is 23.4 Å². The normalized spacial score (nSPS) is 24.0. The number of carbonyl (C=O) groups excluding carboxylic acids is 2. The molecule has 4 N–H and O–H groups in total. The number of likely N-dealkylation sites (tertiary alicyclic amines) is 1. The van der Waals surface area contributed by atoms with Gasteiger partial charge < -0.3 is 20.0 Å². The Kier molecular flexibility index (Phi) is 13.1. The molecule has 314 valence electrons. The first-order valence-corrected chi connectivity index (χ1v) is 20.7. The molecule has 1 aromatic heterocycles. The van der Waals surface area contributed by atoms with Gasteiger partial charge in [-0.15, -0.1) is 0 Å². The molecule has 18 heteroatoms. The Morgan fingerprint density at radius 3 is 2.48 bits per heavy atom. The van der Waals surface area contributed by atoms with E-state index >= 15 is 8.78 Å². The van der Waals surface area contributed by atoms with Crippen LogP contribution in [0, 0.1) is 24.6 Å². The Hall–Kier alpha value is -4.10. The maximum Gasteiger partial charge on any atom is 0.421 e. The van der Waals surface area contributed by atoms with Crippen molar-refractivity contribution in [2.75, 3.05) is 60.9 Å². The molecule has 58 heavy (non-hydrogen) atoms. The van der Waals surface area contributed by atoms with Crippen molar-refractivity contribution in [3.05, 3.63) is 65.1 Å². The molecule has 4 aliphatic heterocycles. The number of rotatable bonds is 11. The fourth-order valence-corrected chi connectivity index (χ4v) is 9.23. The topological polar surface area (TPSA) is 129 Å². The van der Waals surface area contributed by atoms with Crippen LogP contribution in [-0.2, 0) is 15.8 Å². The van der Waals surface area contributed by atoms with Gasteiger partial charge >= 0.3 is 6.18 Å². The molecule has 3 aromatic rings. The summed E-state index contributed by atoms with van der Waals surface area (Å²) in [5.74, 6) is -1.39. The van der Waals surface area contributed by atoms with E-state index in [1.165, 1.54) is 6.07 Å². The second-order valence-electron chi connectivity index (χ2n) is 16.0. The molecule has 4 saturated heterocycles. The number of aromatic nitrogens is 2. The number of alkyl halides is 4. The van der Waals surface area contributed by atoms with Crippen LogP contribution in [0.3, 0.4) is 0 Å². The molecule has 0 bridgehead atoms. The van der Waals surface area contributed by atoms with Crippen molar-refractivity contribution in [2.24, 2.45) is 11.8 Å². The van der Waals surface area contributed by atoms with Crippen LogP contribution in [0.25, 0.3) is 0 Å². The summed E-state index contributed by atoms with van der Waals surface area (Å²) in [7, 11) is 0. The molecule has 4 atom stereocenters. The van der Waals surface area contributed by atoms with E-state index in [9.17, 15) is 28.0 Å². The van der Waals surface area contributed by atoms with Gasteiger partial charge in [0.25, 0.3) is 0 Å². The molecule has 0 spiro atoms. The molecular weight excluding hydrogens is 782 g/mol. The number of benzene rings is 2. The molecule has 4 fully saturated rings. The van der Waals surface area contributed by atoms with E-state index in [1.54, 1.807) is 29.2 Å². The Morgan fingerprint density at radius 1 is 1.00 bits per heavy atom. The summed E-state index contributed by atoms with van der Waals surface area (Å²) in [5.41, 5.74) is 4.40. The first-order valence-electron chi connectivity index (χ1n) is 19.9. The number of imide groups is 1. The Balaban J connectivity index is 0.860. The van der Waals surface area contributed by atoms with E-state index in [0.29, 0.717) is 54.5 Å². The van der Waals surface area contributed by atoms with Gasteiger partial charge in [0.15, 0.2) is 0 Å². The number of hydrogen-bond donors (Lipinski definition) is 4. The second kappa shape index (κ2) is 18.0. The van der Waals surface area contributed by atoms with Crippen molar-refractivity contribution >= 4 is 46.9 Å². The van der Waals surface area contributed by atoms with Gasteiger partial charge in [-0.3, -0.25) is 20.1 Å². The zero-order valence-electron chi connectivity index (χ0n) is 32.6. The molecule has 0 saturated carbocycles. The minimum Gasteiger partial charge on any atom is -0.371 e. The first-order chi connectivity index (χ1) is 27.7. The van der Waals surface area contributed by atoms with E-state index in [-0.39, 0.29) is 36.6 Å². The number of aryl methyl sites for hydroxylation is 1. The SMILES string of the molecule is Cc1cc(SN(O)NC2CCN(CC3CCN(c4ccc(C5CCC(=O)NC5=O)c(F)c4)CC3)CC2F)ccc1Nc1ncc(C(F)(F)F)c(N2CCCC(C)C2)n1. The second-order valence-corrected chi connectivity index (χ2v) is 17.0. The van der Waals surface area contributed by atoms with Gasteiger partial charge in [0, 0.05) is 85.7 Å². The minimum atomic E-state index is -4.59. The van der Waals surface area contributed by atoms with E-state index in [2.05, 4.69) is 35.8 Å². The molecule has 12 nitrogen and oxygen atoms in total. The third kappa shape index (κ3) is 10.2. The highest BCUT2D eigenvalue weighted by Gasteiger charge is 2.38. The average Bonchev–Trinajstić information content (AvgIpc) is 3.17. The van der Waals surface area contributed by atoms with Crippen LogP contribution in [0.1, 0.15) is 74.5 Å². The lowest BCUT2D eigenvalue weighted by Crippen LogP contribution is -2.54. The summed E-state index contributed by atoms with van der Waals surface area (Å²) < 4.78 is 73.0. The van der Waals surface area contributed by atoms with Gasteiger partial charge in [-0.2, -0.15) is 18.2 Å². The molecule has 5 heterocycles. The highest BCUT2D eigenvalue weighted by molar-refractivity contribution is 7.96. The zero-order chi connectivity index (χ0) is 41.1. The predicted octanol–water partition coefficient (Wildman–Crippen LogP) is 6.97. The molecular formula is C40H50F5N9O3S. The van der Waals surface area contributed by atoms with Crippen molar-refractivity contribution in [1.82, 2.24) is 30.2 Å². The number of amides is 2. The number of hydrazine groups is 1. The molecule has 4 aliphatic rings. The fraction of sp³-hybridized carbons (Fsp3) is 0.550. The summed E-state index contributed by atoms with van der Waals surface area (Å²) in [6, 6.07) is 9.61. The summed E-state index contributed by atoms with van der Waals surface area (Å²) in [4.78, 5) is 38.6. The van der Waals surface area contributed by atoms with Crippen molar-refractivity contribution in [3.8, 4) is 0 Å². The lowest BCUT2D eigenvalue weighted by atomic mass is 9.89. The molecule has 4 unspecified atom stereocenters. The zero-order valence-corrected chi connectivity index (χ0v) is 33.4. The van der Waals surface area contributed by atoms with Crippen LogP contribution in [0.15, 0.2) is 47.5 Å². The predicted molar refractivity (Wildman–Crippen MR) is 211 cm³/mol. The van der Waals surface area contributed by atoms with Crippen molar-refractivity contribution < 1.29 is 36.7 Å². The molecule has 2 amide bonds. The van der Waals surface area contributed by atoms with E-state index < -0.39 is 41.6 Å². The number of hydrogen-bond acceptors (Lipinski definition) is 12. The van der Waals surface area contributed by atoms with Gasteiger partial charge in [0.05, 0.1) is 12.0 Å². The standard InChI is InChI=1S/C40H50F5N9O3S/c1-24-4-3-14-53(21-24)37-31(40(43,44)45)20-46-39(49-37)47-34-9-6-28(18-25(34)2)58-54(57)50-35-13-15-51(23-33(35)42)22-26-11-16-52(17-12-26)27-5-7-29(32(41)19-27)30-8-10-36(55)48-38(30)56/h5-7,9,18-20,24,26,30,33,35,50,57H,3-4,8,10-17,21-23H2,1-2H3,(H,46,47,49)(H,48,55,56). The first kappa shape index (κ1) is 42.0. The van der Waals surface area contributed by atoms with Gasteiger partial charge in [0.2, 0.25) is 17.8 Å². The molecule has 0 aliphatic carbocycles. The summed E-state index contributed by atoms with van der Waals surface area (Å²) >= 11 is 0.980. The number of nitrogens with zero attached hydrogens (tertiary/aromatic N) is 6. The third-order valence-electron chi connectivity index (χ3n) is 11.7. The van der Waals surface area contributed by atoms with Crippen molar-refractivity contribution in [1.29, 1.82) is 0 Å². The third-order valence-corrected chi connectivity index (χ3v) is 12.4. The van der Waals surface area contributed by atoms with Crippen LogP contribution in [0.2, 0.25) is 0 Å². The lowest BCUT2D eigenvalue weighted by Gasteiger charge is -2.40. The van der Waals surface area contributed by atoms with E-state index in [0.717, 1.165) is 79.3 Å². The average molecular weight is 832 g/mol. The largest absolute Gasteiger partial charge is 0.421 e. The highest BCUT2D eigenvalue weighted by atomic mass is 32.2. The van der Waals surface area contributed by atoms with Crippen LogP contribution in [0.4, 0.5) is 45.1 Å². The fourth-order valence-electron chi connectivity index (χ4n) is 8.48. The monoisotopic (exact) mass is 831 g/mol. The van der Waals surface area contributed by atoms with Crippen LogP contribution < -0.4 is 25.9 Å². The molecule has 7 rings (SSSR count). The molecule has 2 aromatic carbocycles. The number of carbonyl (C=O) groups is 2. The van der Waals surface area contributed by atoms with Gasteiger partial charge in [-0.25, -0.2) is 19.2 Å². The number of nitrogens with one attached hydrogen (secondary N) is 3. The van der Waals surface area contributed by atoms with Crippen molar-refractivity contribution in [3.63, 3.8) is 0 Å². The van der Waals surface area contributed by atoms with Crippen LogP contribution in [-0.4, -0.2) is 94.5 Å². The van der Waals surface area contributed by atoms with Crippen molar-refractivity contribution in [2.45, 2.75) is 88.0 Å². The lowest BCUT2D eigenvalue weighted by molar-refractivity contribution is -0.138. The van der Waals surface area contributed by atoms with E-state index in [1.807, 2.05) is 19.9 Å². The minimum absolute atomic E-state index is 0.0494. The Labute approximate surface area is 339 Å². The van der Waals surface area contributed by atoms with Gasteiger partial charge in [-0.05, 0) is 99.7 Å². The summed E-state index contributed by atoms with van der Waals surface area (Å²) in [6.07, 6.45) is -0.526. The summed E-state index contributed by atoms with van der Waals surface area (Å²) in [5, 5.41) is 16.0. The highest BCUT2D eigenvalue weighted by Crippen LogP contribution is 2.38. The van der Waals surface area contributed by atoms with E-state index in [4.69, 9.17) is 0 Å². The maximum atomic E-state index is 15.4. The quantitative estimate of drug-likeness (QED) is 0.0690. The summed E-state index contributed by atoms with van der Waals surface area (Å²) in [6.45, 7) is 7.91. The number of halogens is 5. The Bertz CT molecular complexity index is 1950. The molecule has 0 radical (unpaired) electrons. The van der Waals surface area contributed by atoms with Crippen LogP contribution in [0.5, 0.6) is 0 Å². The van der Waals surface area contributed by atoms with Gasteiger partial charge in [-0.1, -0.05) is 17.6 Å². The number of anilines is 4. The van der Waals surface area contributed by atoms with Crippen LogP contribution >= 0.6 is 11.9 Å². The number of piperidine rings is 4. The Morgan fingerprint density at radius 2 is 1.79 bits per heavy atom.